The number of halogens is 1. The van der Waals surface area contributed by atoms with E-state index < -0.39 is 16.9 Å². The highest BCUT2D eigenvalue weighted by Crippen LogP contribution is 2.27. The average molecular weight is 406 g/mol. The summed E-state index contributed by atoms with van der Waals surface area (Å²) in [5.41, 5.74) is 0. The first kappa shape index (κ1) is 20.7. The molecule has 1 heterocycles. The summed E-state index contributed by atoms with van der Waals surface area (Å²) >= 11 is 7.29. The molecule has 4 atom stereocenters. The summed E-state index contributed by atoms with van der Waals surface area (Å²) in [4.78, 5) is 5.34. The zero-order valence-corrected chi connectivity index (χ0v) is 17.2. The third-order valence-electron chi connectivity index (χ3n) is 4.31. The predicted octanol–water partition coefficient (Wildman–Crippen LogP) is 3.07. The molecule has 25 heavy (non-hydrogen) atoms. The van der Waals surface area contributed by atoms with Crippen LogP contribution in [0.2, 0.25) is 4.34 Å². The zero-order valence-electron chi connectivity index (χ0n) is 14.8. The number of nitrogens with zero attached hydrogens (tertiary/aromatic N) is 1. The van der Waals surface area contributed by atoms with Crippen LogP contribution in [-0.2, 0) is 10.8 Å². The number of hydrogen-bond donors (Lipinski definition) is 3. The lowest BCUT2D eigenvalue weighted by atomic mass is 9.95. The summed E-state index contributed by atoms with van der Waals surface area (Å²) in [6.45, 7) is 5.03. The third-order valence-corrected chi connectivity index (χ3v) is 7.39. The van der Waals surface area contributed by atoms with Crippen LogP contribution < -0.4 is 10.6 Å². The molecule has 0 amide bonds. The van der Waals surface area contributed by atoms with E-state index in [-0.39, 0.29) is 17.8 Å². The smallest absolute Gasteiger partial charge is 0.191 e. The van der Waals surface area contributed by atoms with E-state index in [1.165, 1.54) is 11.3 Å². The van der Waals surface area contributed by atoms with Crippen molar-refractivity contribution >= 4 is 39.7 Å². The molecule has 1 fully saturated rings. The monoisotopic (exact) mass is 405 g/mol. The van der Waals surface area contributed by atoms with E-state index in [1.54, 1.807) is 6.07 Å². The fourth-order valence-corrected chi connectivity index (χ4v) is 5.43. The van der Waals surface area contributed by atoms with Gasteiger partial charge in [-0.05, 0) is 38.3 Å². The van der Waals surface area contributed by atoms with Gasteiger partial charge in [-0.25, -0.2) is 0 Å². The molecule has 0 aromatic carbocycles. The van der Waals surface area contributed by atoms with Gasteiger partial charge in [0, 0.05) is 39.3 Å². The second kappa shape index (κ2) is 10.5. The van der Waals surface area contributed by atoms with Gasteiger partial charge in [0.2, 0.25) is 0 Å². The van der Waals surface area contributed by atoms with Gasteiger partial charge >= 0.3 is 0 Å². The summed E-state index contributed by atoms with van der Waals surface area (Å²) in [7, 11) is -0.738. The van der Waals surface area contributed by atoms with Gasteiger partial charge in [-0.15, -0.1) is 11.3 Å². The lowest BCUT2D eigenvalue weighted by molar-refractivity contribution is 0.191. The highest BCUT2D eigenvalue weighted by atomic mass is 35.5. The minimum atomic E-state index is -0.738. The molecule has 5 nitrogen and oxygen atoms in total. The molecule has 1 aromatic heterocycles. The molecule has 1 saturated carbocycles. The normalized spacial score (nSPS) is 23.9. The van der Waals surface area contributed by atoms with Crippen LogP contribution in [0.3, 0.4) is 0 Å². The Morgan fingerprint density at radius 3 is 2.92 bits per heavy atom. The molecule has 1 aromatic rings. The second-order valence-electron chi connectivity index (χ2n) is 6.18. The molecule has 4 unspecified atom stereocenters. The third kappa shape index (κ3) is 6.55. The maximum absolute atomic E-state index is 12.1. The van der Waals surface area contributed by atoms with Crippen molar-refractivity contribution in [1.82, 2.24) is 10.6 Å². The Morgan fingerprint density at radius 1 is 1.48 bits per heavy atom. The number of aliphatic hydroxyl groups is 1. The maximum Gasteiger partial charge on any atom is 0.191 e. The topological polar surface area (TPSA) is 73.7 Å². The van der Waals surface area contributed by atoms with E-state index in [1.807, 2.05) is 19.9 Å². The second-order valence-corrected chi connectivity index (χ2v) is 9.93. The molecule has 0 radical (unpaired) electrons. The molecule has 0 bridgehead atoms. The van der Waals surface area contributed by atoms with E-state index in [2.05, 4.69) is 15.6 Å². The summed E-state index contributed by atoms with van der Waals surface area (Å²) < 4.78 is 12.8. The number of thiophene rings is 1. The van der Waals surface area contributed by atoms with E-state index in [0.717, 1.165) is 42.9 Å². The number of hydrogen-bond acceptors (Lipinski definition) is 4. The van der Waals surface area contributed by atoms with Crippen molar-refractivity contribution in [3.8, 4) is 0 Å². The molecular formula is C17H28ClN3O2S2. The zero-order chi connectivity index (χ0) is 18.2. The van der Waals surface area contributed by atoms with Crippen LogP contribution >= 0.6 is 22.9 Å². The molecule has 2 rings (SSSR count). The minimum Gasteiger partial charge on any atom is -0.386 e. The summed E-state index contributed by atoms with van der Waals surface area (Å²) in [5, 5.41) is 17.2. The summed E-state index contributed by atoms with van der Waals surface area (Å²) in [5.74, 6) is 1.43. The van der Waals surface area contributed by atoms with Crippen LogP contribution in [0, 0.1) is 0 Å². The van der Waals surface area contributed by atoms with Crippen LogP contribution in [0.15, 0.2) is 17.1 Å². The Hall–Kier alpha value is -0.630. The number of rotatable bonds is 7. The summed E-state index contributed by atoms with van der Waals surface area (Å²) in [6.07, 6.45) is 3.45. The van der Waals surface area contributed by atoms with Gasteiger partial charge in [0.1, 0.15) is 6.10 Å². The maximum atomic E-state index is 12.1. The molecule has 8 heteroatoms. The molecule has 0 aliphatic heterocycles. The molecule has 0 saturated heterocycles. The van der Waals surface area contributed by atoms with E-state index in [0.29, 0.717) is 10.3 Å². The van der Waals surface area contributed by atoms with Crippen molar-refractivity contribution in [3.05, 3.63) is 21.3 Å². The lowest BCUT2D eigenvalue weighted by Crippen LogP contribution is -2.46. The Balaban J connectivity index is 1.93. The van der Waals surface area contributed by atoms with Crippen LogP contribution in [0.4, 0.5) is 0 Å². The van der Waals surface area contributed by atoms with Crippen molar-refractivity contribution in [3.63, 3.8) is 0 Å². The highest BCUT2D eigenvalue weighted by Gasteiger charge is 2.26. The first-order valence-electron chi connectivity index (χ1n) is 8.88. The first-order valence-corrected chi connectivity index (χ1v) is 11.5. The Kier molecular flexibility index (Phi) is 8.69. The van der Waals surface area contributed by atoms with Crippen LogP contribution in [0.1, 0.15) is 50.5 Å². The highest BCUT2D eigenvalue weighted by molar-refractivity contribution is 7.85. The predicted molar refractivity (Wildman–Crippen MR) is 108 cm³/mol. The lowest BCUT2D eigenvalue weighted by Gasteiger charge is -2.30. The van der Waals surface area contributed by atoms with Gasteiger partial charge in [0.25, 0.3) is 0 Å². The SMILES string of the molecule is CCNC(=NCC(O)c1ccc(Cl)s1)NC1CCCC(S(=O)CC)C1. The molecular weight excluding hydrogens is 378 g/mol. The van der Waals surface area contributed by atoms with Gasteiger partial charge in [-0.2, -0.15) is 0 Å². The van der Waals surface area contributed by atoms with Crippen LogP contribution in [0.25, 0.3) is 0 Å². The Bertz CT molecular complexity index is 594. The quantitative estimate of drug-likeness (QED) is 0.481. The molecule has 3 N–H and O–H groups in total. The van der Waals surface area contributed by atoms with Crippen LogP contribution in [0.5, 0.6) is 0 Å². The number of aliphatic imine (C=N–C) groups is 1. The van der Waals surface area contributed by atoms with E-state index in [9.17, 15) is 9.32 Å². The first-order chi connectivity index (χ1) is 12.0. The van der Waals surface area contributed by atoms with Crippen molar-refractivity contribution in [2.75, 3.05) is 18.8 Å². The van der Waals surface area contributed by atoms with E-state index in [4.69, 9.17) is 11.6 Å². The van der Waals surface area contributed by atoms with Crippen LogP contribution in [-0.4, -0.2) is 45.4 Å². The average Bonchev–Trinajstić information content (AvgIpc) is 3.05. The Morgan fingerprint density at radius 2 is 2.28 bits per heavy atom. The number of aliphatic hydroxyl groups excluding tert-OH is 1. The van der Waals surface area contributed by atoms with Crippen molar-refractivity contribution < 1.29 is 9.32 Å². The van der Waals surface area contributed by atoms with Gasteiger partial charge in [-0.3, -0.25) is 9.20 Å². The summed E-state index contributed by atoms with van der Waals surface area (Å²) in [6, 6.07) is 3.90. The van der Waals surface area contributed by atoms with Crippen molar-refractivity contribution in [2.24, 2.45) is 4.99 Å². The molecule has 0 spiro atoms. The molecule has 1 aliphatic rings. The van der Waals surface area contributed by atoms with E-state index >= 15 is 0 Å². The largest absolute Gasteiger partial charge is 0.386 e. The molecule has 1 aliphatic carbocycles. The fourth-order valence-electron chi connectivity index (χ4n) is 3.04. The van der Waals surface area contributed by atoms with Gasteiger partial charge in [0.05, 0.1) is 10.9 Å². The number of nitrogens with one attached hydrogen (secondary N) is 2. The van der Waals surface area contributed by atoms with Crippen molar-refractivity contribution in [2.45, 2.75) is 56.9 Å². The number of guanidine groups is 1. The van der Waals surface area contributed by atoms with Gasteiger partial charge in [-0.1, -0.05) is 24.9 Å². The molecule has 142 valence electrons. The van der Waals surface area contributed by atoms with Gasteiger partial charge < -0.3 is 15.7 Å². The van der Waals surface area contributed by atoms with Crippen molar-refractivity contribution in [1.29, 1.82) is 0 Å². The fraction of sp³-hybridized carbons (Fsp3) is 0.706. The van der Waals surface area contributed by atoms with Gasteiger partial charge in [0.15, 0.2) is 5.96 Å². The minimum absolute atomic E-state index is 0.276. The standard InChI is InChI=1S/C17H28ClN3O2S2/c1-3-19-17(20-11-14(22)15-8-9-16(18)24-15)21-12-6-5-7-13(10-12)25(23)4-2/h8-9,12-14,22H,3-7,10-11H2,1-2H3,(H2,19,20,21). The Labute approximate surface area is 161 Å².